The quantitative estimate of drug-likeness (QED) is 0.706. The number of rotatable bonds is 6. The third kappa shape index (κ3) is 3.54. The van der Waals surface area contributed by atoms with E-state index in [-0.39, 0.29) is 5.82 Å². The van der Waals surface area contributed by atoms with Gasteiger partial charge in [-0.3, -0.25) is 4.68 Å². The molecule has 0 saturated heterocycles. The molecule has 0 atom stereocenters. The lowest BCUT2D eigenvalue weighted by Gasteiger charge is -2.04. The van der Waals surface area contributed by atoms with Gasteiger partial charge in [-0.15, -0.1) is 0 Å². The van der Waals surface area contributed by atoms with Gasteiger partial charge in [-0.1, -0.05) is 0 Å². The summed E-state index contributed by atoms with van der Waals surface area (Å²) in [5.74, 6) is 0.250. The maximum Gasteiger partial charge on any atom is 0.226 e. The van der Waals surface area contributed by atoms with Crippen LogP contribution >= 0.6 is 0 Å². The van der Waals surface area contributed by atoms with Crippen molar-refractivity contribution in [3.8, 4) is 11.5 Å². The van der Waals surface area contributed by atoms with Crippen molar-refractivity contribution in [3.05, 3.63) is 59.0 Å². The standard InChI is InChI=1S/C18H21FN4O/c1-12-17(13(2)23(3)22-12)10-20-9-8-16-11-24-18(21-16)14-4-6-15(19)7-5-14/h4-7,11,20H,8-10H2,1-3H3. The van der Waals surface area contributed by atoms with Gasteiger partial charge in [-0.2, -0.15) is 5.10 Å². The summed E-state index contributed by atoms with van der Waals surface area (Å²) in [7, 11) is 1.96. The van der Waals surface area contributed by atoms with Crippen LogP contribution in [-0.4, -0.2) is 21.3 Å². The second kappa shape index (κ2) is 6.97. The van der Waals surface area contributed by atoms with Crippen LogP contribution in [0.1, 0.15) is 22.6 Å². The highest BCUT2D eigenvalue weighted by molar-refractivity contribution is 5.52. The van der Waals surface area contributed by atoms with E-state index in [1.54, 1.807) is 18.4 Å². The molecule has 0 radical (unpaired) electrons. The van der Waals surface area contributed by atoms with Crippen LogP contribution in [0.5, 0.6) is 0 Å². The molecule has 24 heavy (non-hydrogen) atoms. The Balaban J connectivity index is 1.53. The van der Waals surface area contributed by atoms with Gasteiger partial charge >= 0.3 is 0 Å². The van der Waals surface area contributed by atoms with Gasteiger partial charge in [0.1, 0.15) is 12.1 Å². The third-order valence-electron chi connectivity index (χ3n) is 4.16. The highest BCUT2D eigenvalue weighted by atomic mass is 19.1. The van der Waals surface area contributed by atoms with Crippen molar-refractivity contribution in [2.75, 3.05) is 6.54 Å². The molecule has 0 saturated carbocycles. The molecule has 5 nitrogen and oxygen atoms in total. The number of halogens is 1. The van der Waals surface area contributed by atoms with Crippen LogP contribution in [0.25, 0.3) is 11.5 Å². The minimum absolute atomic E-state index is 0.268. The molecule has 0 aliphatic carbocycles. The lowest BCUT2D eigenvalue weighted by Crippen LogP contribution is -2.17. The van der Waals surface area contributed by atoms with E-state index in [1.165, 1.54) is 23.4 Å². The van der Waals surface area contributed by atoms with Gasteiger partial charge in [0.05, 0.1) is 11.4 Å². The first kappa shape index (κ1) is 16.4. The maximum absolute atomic E-state index is 12.9. The normalized spacial score (nSPS) is 11.2. The first-order valence-electron chi connectivity index (χ1n) is 7.94. The molecule has 6 heteroatoms. The van der Waals surface area contributed by atoms with Gasteiger partial charge in [-0.25, -0.2) is 9.37 Å². The minimum atomic E-state index is -0.268. The van der Waals surface area contributed by atoms with Gasteiger partial charge in [0.25, 0.3) is 0 Å². The molecule has 0 fully saturated rings. The summed E-state index contributed by atoms with van der Waals surface area (Å²) in [5, 5.41) is 7.83. The third-order valence-corrected chi connectivity index (χ3v) is 4.16. The number of nitrogens with one attached hydrogen (secondary N) is 1. The second-order valence-electron chi connectivity index (χ2n) is 5.85. The largest absolute Gasteiger partial charge is 0.444 e. The summed E-state index contributed by atoms with van der Waals surface area (Å²) in [6, 6.07) is 6.13. The Labute approximate surface area is 140 Å². The molecule has 1 N–H and O–H groups in total. The molecule has 0 aliphatic heterocycles. The van der Waals surface area contributed by atoms with Crippen LogP contribution in [0, 0.1) is 19.7 Å². The van der Waals surface area contributed by atoms with E-state index in [1.807, 2.05) is 18.7 Å². The van der Waals surface area contributed by atoms with Gasteiger partial charge in [-0.05, 0) is 38.1 Å². The number of hydrogen-bond donors (Lipinski definition) is 1. The Morgan fingerprint density at radius 1 is 1.21 bits per heavy atom. The van der Waals surface area contributed by atoms with E-state index in [9.17, 15) is 4.39 Å². The summed E-state index contributed by atoms with van der Waals surface area (Å²) in [6.07, 6.45) is 2.42. The number of aryl methyl sites for hydroxylation is 2. The SMILES string of the molecule is Cc1nn(C)c(C)c1CNCCc1coc(-c2ccc(F)cc2)n1. The fourth-order valence-electron chi connectivity index (χ4n) is 2.65. The predicted molar refractivity (Wildman–Crippen MR) is 90.0 cm³/mol. The molecule has 3 aromatic rings. The van der Waals surface area contributed by atoms with Gasteiger partial charge in [0, 0.05) is 43.4 Å². The molecule has 0 spiro atoms. The fourth-order valence-corrected chi connectivity index (χ4v) is 2.65. The van der Waals surface area contributed by atoms with E-state index >= 15 is 0 Å². The van der Waals surface area contributed by atoms with Crippen LogP contribution in [-0.2, 0) is 20.0 Å². The number of hydrogen-bond acceptors (Lipinski definition) is 4. The van der Waals surface area contributed by atoms with Crippen molar-refractivity contribution in [3.63, 3.8) is 0 Å². The summed E-state index contributed by atoms with van der Waals surface area (Å²) in [4.78, 5) is 4.45. The van der Waals surface area contributed by atoms with Crippen LogP contribution in [0.3, 0.4) is 0 Å². The number of oxazole rings is 1. The first-order chi connectivity index (χ1) is 11.5. The zero-order valence-electron chi connectivity index (χ0n) is 14.1. The van der Waals surface area contributed by atoms with E-state index in [0.29, 0.717) is 5.89 Å². The Morgan fingerprint density at radius 3 is 2.62 bits per heavy atom. The molecule has 0 bridgehead atoms. The molecular weight excluding hydrogens is 307 g/mol. The molecule has 0 unspecified atom stereocenters. The second-order valence-corrected chi connectivity index (χ2v) is 5.85. The van der Waals surface area contributed by atoms with E-state index in [0.717, 1.165) is 36.5 Å². The Bertz CT molecular complexity index is 820. The monoisotopic (exact) mass is 328 g/mol. The van der Waals surface area contributed by atoms with Crippen LogP contribution < -0.4 is 5.32 Å². The highest BCUT2D eigenvalue weighted by Crippen LogP contribution is 2.19. The van der Waals surface area contributed by atoms with E-state index in [2.05, 4.69) is 22.3 Å². The molecule has 126 valence electrons. The topological polar surface area (TPSA) is 55.9 Å². The van der Waals surface area contributed by atoms with Crippen molar-refractivity contribution in [2.24, 2.45) is 7.05 Å². The molecule has 0 amide bonds. The number of nitrogens with zero attached hydrogens (tertiary/aromatic N) is 3. The zero-order chi connectivity index (χ0) is 17.1. The highest BCUT2D eigenvalue weighted by Gasteiger charge is 2.09. The number of benzene rings is 1. The van der Waals surface area contributed by atoms with Crippen molar-refractivity contribution in [1.82, 2.24) is 20.1 Å². The van der Waals surface area contributed by atoms with Gasteiger partial charge < -0.3 is 9.73 Å². The van der Waals surface area contributed by atoms with Crippen molar-refractivity contribution >= 4 is 0 Å². The minimum Gasteiger partial charge on any atom is -0.444 e. The van der Waals surface area contributed by atoms with E-state index < -0.39 is 0 Å². The first-order valence-corrected chi connectivity index (χ1v) is 7.94. The predicted octanol–water partition coefficient (Wildman–Crippen LogP) is 3.16. The van der Waals surface area contributed by atoms with Crippen molar-refractivity contribution < 1.29 is 8.81 Å². The average molecular weight is 328 g/mol. The Morgan fingerprint density at radius 2 is 1.96 bits per heavy atom. The molecular formula is C18H21FN4O. The molecule has 0 aliphatic rings. The number of aromatic nitrogens is 3. The molecule has 2 aromatic heterocycles. The lowest BCUT2D eigenvalue weighted by molar-refractivity contribution is 0.571. The summed E-state index contributed by atoms with van der Waals surface area (Å²) in [5.41, 5.74) is 5.13. The molecule has 1 aromatic carbocycles. The van der Waals surface area contributed by atoms with Crippen LogP contribution in [0.4, 0.5) is 4.39 Å². The maximum atomic E-state index is 12.9. The Kier molecular flexibility index (Phi) is 4.76. The Hall–Kier alpha value is -2.47. The van der Waals surface area contributed by atoms with Crippen LogP contribution in [0.2, 0.25) is 0 Å². The zero-order valence-corrected chi connectivity index (χ0v) is 14.1. The summed E-state index contributed by atoms with van der Waals surface area (Å²) in [6.45, 7) is 5.68. The molecule has 2 heterocycles. The lowest BCUT2D eigenvalue weighted by atomic mass is 10.2. The van der Waals surface area contributed by atoms with E-state index in [4.69, 9.17) is 4.42 Å². The van der Waals surface area contributed by atoms with Crippen LogP contribution in [0.15, 0.2) is 34.9 Å². The average Bonchev–Trinajstić information content (AvgIpc) is 3.12. The molecule has 3 rings (SSSR count). The van der Waals surface area contributed by atoms with Gasteiger partial charge in [0.15, 0.2) is 0 Å². The summed E-state index contributed by atoms with van der Waals surface area (Å²) < 4.78 is 20.3. The fraction of sp³-hybridized carbons (Fsp3) is 0.333. The smallest absolute Gasteiger partial charge is 0.226 e. The summed E-state index contributed by atoms with van der Waals surface area (Å²) >= 11 is 0. The van der Waals surface area contributed by atoms with Gasteiger partial charge in [0.2, 0.25) is 5.89 Å². The van der Waals surface area contributed by atoms with Crippen molar-refractivity contribution in [1.29, 1.82) is 0 Å². The van der Waals surface area contributed by atoms with Crippen molar-refractivity contribution in [2.45, 2.75) is 26.8 Å².